The summed E-state index contributed by atoms with van der Waals surface area (Å²) in [4.78, 5) is 29.4. The Morgan fingerprint density at radius 2 is 1.86 bits per heavy atom. The maximum atomic E-state index is 14.0. The van der Waals surface area contributed by atoms with Gasteiger partial charge in [0.15, 0.2) is 0 Å². The first kappa shape index (κ1) is 23.4. The number of carbonyl (C=O) groups is 2. The number of aromatic nitrogens is 1. The van der Waals surface area contributed by atoms with E-state index in [9.17, 15) is 14.0 Å². The maximum Gasteiger partial charge on any atom is 0.271 e. The number of fused-ring (bicyclic) bond motifs is 1. The molecule has 0 radical (unpaired) electrons. The second-order valence-corrected chi connectivity index (χ2v) is 10.3. The zero-order valence-corrected chi connectivity index (χ0v) is 20.5. The molecule has 4 atom stereocenters. The highest BCUT2D eigenvalue weighted by Crippen LogP contribution is 2.35. The van der Waals surface area contributed by atoms with Gasteiger partial charge in [0.05, 0.1) is 18.5 Å². The van der Waals surface area contributed by atoms with Crippen LogP contribution >= 0.6 is 0 Å². The zero-order valence-electron chi connectivity index (χ0n) is 20.5. The highest BCUT2D eigenvalue weighted by Gasteiger charge is 2.48. The van der Waals surface area contributed by atoms with Gasteiger partial charge in [-0.05, 0) is 67.1 Å². The Balaban J connectivity index is 1.52. The number of hydrogen-bond acceptors (Lipinski definition) is 3. The average Bonchev–Trinajstić information content (AvgIpc) is 3.51. The summed E-state index contributed by atoms with van der Waals surface area (Å²) in [6.45, 7) is 6.76. The predicted octanol–water partition coefficient (Wildman–Crippen LogP) is 5.24. The molecule has 1 N–H and O–H groups in total. The van der Waals surface area contributed by atoms with Crippen molar-refractivity contribution < 1.29 is 18.4 Å². The fourth-order valence-corrected chi connectivity index (χ4v) is 5.54. The normalized spacial score (nSPS) is 26.5. The Morgan fingerprint density at radius 1 is 1.11 bits per heavy atom. The van der Waals surface area contributed by atoms with Crippen molar-refractivity contribution in [3.8, 4) is 11.5 Å². The summed E-state index contributed by atoms with van der Waals surface area (Å²) in [5, 5.41) is 3.30. The second kappa shape index (κ2) is 9.02. The Bertz CT molecular complexity index is 1220. The first-order valence-corrected chi connectivity index (χ1v) is 12.4. The fraction of sp³-hybridized carbons (Fsp3) is 0.429. The van der Waals surface area contributed by atoms with Crippen LogP contribution < -0.4 is 5.32 Å². The average molecular weight is 478 g/mol. The molecule has 35 heavy (non-hydrogen) atoms. The topological polar surface area (TPSA) is 67.5 Å². The highest BCUT2D eigenvalue weighted by molar-refractivity contribution is 6.00. The van der Waals surface area contributed by atoms with Crippen LogP contribution in [0.2, 0.25) is 0 Å². The van der Waals surface area contributed by atoms with E-state index in [2.05, 4.69) is 19.2 Å². The lowest BCUT2D eigenvalue weighted by atomic mass is 9.77. The molecule has 0 spiro atoms. The fourth-order valence-electron chi connectivity index (χ4n) is 5.54. The number of nitrogens with one attached hydrogen (secondary N) is 1. The number of hydrogen-bond donors (Lipinski definition) is 1. The van der Waals surface area contributed by atoms with E-state index in [0.29, 0.717) is 29.8 Å². The van der Waals surface area contributed by atoms with Crippen molar-refractivity contribution in [2.24, 2.45) is 11.8 Å². The number of benzene rings is 1. The van der Waals surface area contributed by atoms with E-state index in [-0.39, 0.29) is 30.2 Å². The smallest absolute Gasteiger partial charge is 0.271 e. The predicted molar refractivity (Wildman–Crippen MR) is 131 cm³/mol. The molecule has 1 aromatic carbocycles. The summed E-state index contributed by atoms with van der Waals surface area (Å²) in [6, 6.07) is 13.4. The molecule has 3 heterocycles. The quantitative estimate of drug-likeness (QED) is 0.546. The van der Waals surface area contributed by atoms with Crippen molar-refractivity contribution in [1.82, 2.24) is 14.8 Å². The maximum absolute atomic E-state index is 14.0. The minimum absolute atomic E-state index is 0.0708. The van der Waals surface area contributed by atoms with Crippen LogP contribution in [0.1, 0.15) is 56.1 Å². The van der Waals surface area contributed by atoms with Gasteiger partial charge in [0.25, 0.3) is 5.91 Å². The van der Waals surface area contributed by atoms with Crippen molar-refractivity contribution in [2.75, 3.05) is 0 Å². The standard InChI is InChI=1S/C28H32FN3O3/c1-18-6-4-7-22(19(18)2)30-27(34)28(3)17-31-23(25-8-5-15-35-25)13-14-24(31)26(33)32(28)16-20-9-11-21(29)12-10-20/h5,8-15,18-19,22H,4,6-7,16-17H2,1-3H3,(H,30,34)/t18-,19-,22+,28+/m1/s1. The monoisotopic (exact) mass is 477 g/mol. The van der Waals surface area contributed by atoms with Gasteiger partial charge in [0.1, 0.15) is 22.8 Å². The minimum Gasteiger partial charge on any atom is -0.463 e. The molecule has 184 valence electrons. The Kier molecular flexibility index (Phi) is 6.03. The van der Waals surface area contributed by atoms with Crippen molar-refractivity contribution in [1.29, 1.82) is 0 Å². The van der Waals surface area contributed by atoms with Crippen molar-refractivity contribution in [2.45, 2.75) is 64.7 Å². The van der Waals surface area contributed by atoms with E-state index in [1.165, 1.54) is 18.6 Å². The van der Waals surface area contributed by atoms with Gasteiger partial charge in [-0.2, -0.15) is 0 Å². The summed E-state index contributed by atoms with van der Waals surface area (Å²) in [5.41, 5.74) is 0.894. The number of carbonyl (C=O) groups excluding carboxylic acids is 2. The third-order valence-corrected chi connectivity index (χ3v) is 8.05. The van der Waals surface area contributed by atoms with Crippen LogP contribution in [0.5, 0.6) is 0 Å². The largest absolute Gasteiger partial charge is 0.463 e. The van der Waals surface area contributed by atoms with E-state index in [4.69, 9.17) is 4.42 Å². The molecule has 2 amide bonds. The lowest BCUT2D eigenvalue weighted by Gasteiger charge is -2.46. The van der Waals surface area contributed by atoms with Crippen LogP contribution in [-0.2, 0) is 17.9 Å². The summed E-state index contributed by atoms with van der Waals surface area (Å²) in [5.74, 6) is 0.809. The molecule has 0 bridgehead atoms. The molecule has 2 aromatic heterocycles. The van der Waals surface area contributed by atoms with E-state index >= 15 is 0 Å². The summed E-state index contributed by atoms with van der Waals surface area (Å²) in [6.07, 6.45) is 4.78. The first-order valence-electron chi connectivity index (χ1n) is 12.4. The molecule has 1 saturated carbocycles. The lowest BCUT2D eigenvalue weighted by Crippen LogP contribution is -2.65. The highest BCUT2D eigenvalue weighted by atomic mass is 19.1. The number of halogens is 1. The molecule has 1 fully saturated rings. The Hall–Kier alpha value is -3.35. The SMILES string of the molecule is C[C@@H]1[C@H](C)CCC[C@@H]1NC(=O)[C@]1(C)Cn2c(ccc2-c2ccco2)C(=O)N1Cc1ccc(F)cc1. The molecular formula is C28H32FN3O3. The van der Waals surface area contributed by atoms with Crippen LogP contribution in [0.4, 0.5) is 4.39 Å². The molecule has 0 saturated heterocycles. The van der Waals surface area contributed by atoms with Gasteiger partial charge in [-0.25, -0.2) is 4.39 Å². The van der Waals surface area contributed by atoms with Crippen molar-refractivity contribution in [3.05, 3.63) is 71.9 Å². The van der Waals surface area contributed by atoms with E-state index in [0.717, 1.165) is 24.1 Å². The zero-order chi connectivity index (χ0) is 24.7. The van der Waals surface area contributed by atoms with Crippen LogP contribution in [-0.4, -0.2) is 32.9 Å². The molecule has 1 aliphatic heterocycles. The first-order chi connectivity index (χ1) is 16.8. The summed E-state index contributed by atoms with van der Waals surface area (Å²) < 4.78 is 21.0. The third-order valence-electron chi connectivity index (χ3n) is 8.05. The molecule has 6 nitrogen and oxygen atoms in total. The van der Waals surface area contributed by atoms with Gasteiger partial charge in [0.2, 0.25) is 5.91 Å². The number of nitrogens with zero attached hydrogens (tertiary/aromatic N) is 2. The number of rotatable bonds is 5. The molecule has 3 aromatic rings. The number of amides is 2. The lowest BCUT2D eigenvalue weighted by molar-refractivity contribution is -0.134. The molecule has 2 aliphatic rings. The van der Waals surface area contributed by atoms with Gasteiger partial charge < -0.3 is 19.2 Å². The number of furan rings is 1. The molecule has 0 unspecified atom stereocenters. The third kappa shape index (κ3) is 4.17. The van der Waals surface area contributed by atoms with Gasteiger partial charge in [0, 0.05) is 12.6 Å². The van der Waals surface area contributed by atoms with Crippen LogP contribution in [0.25, 0.3) is 11.5 Å². The van der Waals surface area contributed by atoms with E-state index < -0.39 is 5.54 Å². The van der Waals surface area contributed by atoms with Crippen LogP contribution in [0.15, 0.2) is 59.2 Å². The van der Waals surface area contributed by atoms with Gasteiger partial charge in [-0.15, -0.1) is 0 Å². The minimum atomic E-state index is -1.14. The second-order valence-electron chi connectivity index (χ2n) is 10.3. The van der Waals surface area contributed by atoms with Crippen molar-refractivity contribution >= 4 is 11.8 Å². The Labute approximate surface area is 205 Å². The Morgan fingerprint density at radius 3 is 2.57 bits per heavy atom. The van der Waals surface area contributed by atoms with E-state index in [1.54, 1.807) is 35.4 Å². The van der Waals surface area contributed by atoms with Crippen molar-refractivity contribution in [3.63, 3.8) is 0 Å². The van der Waals surface area contributed by atoms with Gasteiger partial charge in [-0.3, -0.25) is 9.59 Å². The van der Waals surface area contributed by atoms with Gasteiger partial charge in [-0.1, -0.05) is 38.8 Å². The summed E-state index contributed by atoms with van der Waals surface area (Å²) >= 11 is 0. The molecule has 5 rings (SSSR count). The van der Waals surface area contributed by atoms with E-state index in [1.807, 2.05) is 23.6 Å². The van der Waals surface area contributed by atoms with Crippen LogP contribution in [0.3, 0.4) is 0 Å². The van der Waals surface area contributed by atoms with Crippen LogP contribution in [0, 0.1) is 17.7 Å². The molecule has 7 heteroatoms. The van der Waals surface area contributed by atoms with Gasteiger partial charge >= 0.3 is 0 Å². The molecular weight excluding hydrogens is 445 g/mol. The summed E-state index contributed by atoms with van der Waals surface area (Å²) in [7, 11) is 0. The molecule has 1 aliphatic carbocycles.